The number of guanidine groups is 1. The quantitative estimate of drug-likeness (QED) is 0.319. The summed E-state index contributed by atoms with van der Waals surface area (Å²) in [6, 6.07) is 8.56. The van der Waals surface area contributed by atoms with E-state index in [0.29, 0.717) is 23.8 Å². The van der Waals surface area contributed by atoms with E-state index in [2.05, 4.69) is 21.7 Å². The van der Waals surface area contributed by atoms with Crippen molar-refractivity contribution in [2.45, 2.75) is 13.0 Å². The van der Waals surface area contributed by atoms with E-state index in [1.165, 1.54) is 29.0 Å². The maximum Gasteiger partial charge on any atom is 0.241 e. The predicted octanol–water partition coefficient (Wildman–Crippen LogP) is 2.88. The molecule has 9 heteroatoms. The summed E-state index contributed by atoms with van der Waals surface area (Å²) in [6.45, 7) is 1.07. The number of aliphatic imine (C=N–C) groups is 1. The fraction of sp³-hybridized carbons (Fsp3) is 0.368. The van der Waals surface area contributed by atoms with E-state index in [1.807, 2.05) is 11.4 Å². The normalized spacial score (nSPS) is 10.8. The molecule has 28 heavy (non-hydrogen) atoms. The number of thiophene rings is 1. The summed E-state index contributed by atoms with van der Waals surface area (Å²) >= 11 is 1.70. The van der Waals surface area contributed by atoms with Gasteiger partial charge in [0, 0.05) is 31.6 Å². The van der Waals surface area contributed by atoms with Crippen LogP contribution in [0.4, 0.5) is 4.39 Å². The van der Waals surface area contributed by atoms with E-state index < -0.39 is 0 Å². The van der Waals surface area contributed by atoms with Crippen molar-refractivity contribution in [2.24, 2.45) is 4.99 Å². The standard InChI is InChI=1S/C19H25FN4O2S.HI/c1-24(2)18(25)13-23-19(21-7-6-17-5-4-8-27-17)22-12-14-9-15(20)11-16(10-14)26-3;/h4-5,8-11H,6-7,12-13H2,1-3H3,(H2,21,22,23);1H. The molecule has 0 aliphatic carbocycles. The Balaban J connectivity index is 0.00000392. The SMILES string of the molecule is COc1cc(F)cc(CN=C(NCCc2cccs2)NCC(=O)N(C)C)c1.I. The van der Waals surface area contributed by atoms with E-state index in [4.69, 9.17) is 4.74 Å². The van der Waals surface area contributed by atoms with Crippen LogP contribution in [-0.2, 0) is 17.8 Å². The highest BCUT2D eigenvalue weighted by Gasteiger charge is 2.07. The van der Waals surface area contributed by atoms with Gasteiger partial charge in [0.1, 0.15) is 11.6 Å². The topological polar surface area (TPSA) is 66.0 Å². The number of ether oxygens (including phenoxy) is 1. The molecule has 1 heterocycles. The molecule has 0 unspecified atom stereocenters. The van der Waals surface area contributed by atoms with E-state index in [9.17, 15) is 9.18 Å². The number of methoxy groups -OCH3 is 1. The largest absolute Gasteiger partial charge is 0.497 e. The van der Waals surface area contributed by atoms with Crippen LogP contribution in [0.3, 0.4) is 0 Å². The van der Waals surface area contributed by atoms with Crippen molar-refractivity contribution in [3.8, 4) is 5.75 Å². The van der Waals surface area contributed by atoms with Gasteiger partial charge >= 0.3 is 0 Å². The number of rotatable bonds is 8. The van der Waals surface area contributed by atoms with Gasteiger partial charge in [0.15, 0.2) is 5.96 Å². The zero-order valence-electron chi connectivity index (χ0n) is 16.2. The minimum atomic E-state index is -0.373. The van der Waals surface area contributed by atoms with Gasteiger partial charge in [-0.1, -0.05) is 6.07 Å². The minimum Gasteiger partial charge on any atom is -0.497 e. The van der Waals surface area contributed by atoms with Gasteiger partial charge in [-0.25, -0.2) is 9.38 Å². The van der Waals surface area contributed by atoms with Crippen LogP contribution in [0, 0.1) is 5.82 Å². The molecule has 0 fully saturated rings. The Morgan fingerprint density at radius 3 is 2.71 bits per heavy atom. The van der Waals surface area contributed by atoms with Crippen LogP contribution in [0.1, 0.15) is 10.4 Å². The molecule has 0 aliphatic heterocycles. The van der Waals surface area contributed by atoms with Crippen LogP contribution in [0.25, 0.3) is 0 Å². The van der Waals surface area contributed by atoms with Gasteiger partial charge in [0.05, 0.1) is 20.2 Å². The molecule has 154 valence electrons. The molecule has 2 rings (SSSR count). The number of hydrogen-bond donors (Lipinski definition) is 2. The van der Waals surface area contributed by atoms with Crippen molar-refractivity contribution in [1.82, 2.24) is 15.5 Å². The average molecular weight is 520 g/mol. The second kappa shape index (κ2) is 12.6. The van der Waals surface area contributed by atoms with Gasteiger partial charge < -0.3 is 20.3 Å². The third-order valence-corrected chi connectivity index (χ3v) is 4.67. The molecule has 0 atom stereocenters. The maximum atomic E-state index is 13.6. The van der Waals surface area contributed by atoms with Crippen molar-refractivity contribution >= 4 is 47.2 Å². The number of halogens is 2. The van der Waals surface area contributed by atoms with Crippen LogP contribution >= 0.6 is 35.3 Å². The summed E-state index contributed by atoms with van der Waals surface area (Å²) in [7, 11) is 4.89. The molecule has 0 aliphatic rings. The summed E-state index contributed by atoms with van der Waals surface area (Å²) < 4.78 is 18.7. The lowest BCUT2D eigenvalue weighted by atomic mass is 10.2. The number of hydrogen-bond acceptors (Lipinski definition) is 4. The highest BCUT2D eigenvalue weighted by atomic mass is 127. The van der Waals surface area contributed by atoms with Gasteiger partial charge in [-0.2, -0.15) is 0 Å². The fourth-order valence-corrected chi connectivity index (χ4v) is 2.96. The summed E-state index contributed by atoms with van der Waals surface area (Å²) in [5, 5.41) is 8.27. The zero-order valence-corrected chi connectivity index (χ0v) is 19.3. The number of amides is 1. The summed E-state index contributed by atoms with van der Waals surface area (Å²) in [5.74, 6) is 0.519. The fourth-order valence-electron chi connectivity index (χ4n) is 2.25. The summed E-state index contributed by atoms with van der Waals surface area (Å²) in [6.07, 6.45) is 0.855. The Kier molecular flexibility index (Phi) is 10.8. The second-order valence-electron chi connectivity index (χ2n) is 6.06. The molecule has 0 saturated heterocycles. The molecular formula is C19H26FIN4O2S. The number of carbonyl (C=O) groups is 1. The van der Waals surface area contributed by atoms with Crippen LogP contribution in [-0.4, -0.2) is 51.1 Å². The molecule has 6 nitrogen and oxygen atoms in total. The van der Waals surface area contributed by atoms with E-state index in [0.717, 1.165) is 6.42 Å². The molecule has 1 amide bonds. The van der Waals surface area contributed by atoms with Crippen molar-refractivity contribution < 1.29 is 13.9 Å². The van der Waals surface area contributed by atoms with Gasteiger partial charge in [-0.3, -0.25) is 4.79 Å². The van der Waals surface area contributed by atoms with E-state index in [1.54, 1.807) is 31.5 Å². The first kappa shape index (κ1) is 24.2. The molecule has 0 spiro atoms. The highest BCUT2D eigenvalue weighted by Crippen LogP contribution is 2.16. The Labute approximate surface area is 186 Å². The van der Waals surface area contributed by atoms with Crippen molar-refractivity contribution in [3.05, 3.63) is 52.0 Å². The average Bonchev–Trinajstić information content (AvgIpc) is 3.16. The third kappa shape index (κ3) is 8.42. The first-order valence-corrected chi connectivity index (χ1v) is 9.44. The Morgan fingerprint density at radius 1 is 1.29 bits per heavy atom. The van der Waals surface area contributed by atoms with Gasteiger partial charge in [-0.15, -0.1) is 35.3 Å². The van der Waals surface area contributed by atoms with E-state index in [-0.39, 0.29) is 48.8 Å². The zero-order chi connectivity index (χ0) is 19.6. The number of benzene rings is 1. The highest BCUT2D eigenvalue weighted by molar-refractivity contribution is 14.0. The Bertz CT molecular complexity index is 769. The molecule has 1 aromatic carbocycles. The first-order chi connectivity index (χ1) is 13.0. The number of nitrogens with one attached hydrogen (secondary N) is 2. The van der Waals surface area contributed by atoms with Crippen LogP contribution in [0.2, 0.25) is 0 Å². The minimum absolute atomic E-state index is 0. The first-order valence-electron chi connectivity index (χ1n) is 8.56. The van der Waals surface area contributed by atoms with Crippen LogP contribution < -0.4 is 15.4 Å². The second-order valence-corrected chi connectivity index (χ2v) is 7.09. The van der Waals surface area contributed by atoms with Crippen molar-refractivity contribution in [1.29, 1.82) is 0 Å². The molecular weight excluding hydrogens is 494 g/mol. The predicted molar refractivity (Wildman–Crippen MR) is 122 cm³/mol. The van der Waals surface area contributed by atoms with Crippen LogP contribution in [0.5, 0.6) is 5.75 Å². The Hall–Kier alpha value is -1.88. The number of likely N-dealkylation sites (N-methyl/N-ethyl adjacent to an activating group) is 1. The Morgan fingerprint density at radius 2 is 2.07 bits per heavy atom. The van der Waals surface area contributed by atoms with Crippen molar-refractivity contribution in [3.63, 3.8) is 0 Å². The lowest BCUT2D eigenvalue weighted by molar-refractivity contribution is -0.127. The molecule has 0 saturated carbocycles. The summed E-state index contributed by atoms with van der Waals surface area (Å²) in [5.41, 5.74) is 0.685. The summed E-state index contributed by atoms with van der Waals surface area (Å²) in [4.78, 5) is 19.1. The van der Waals surface area contributed by atoms with Gasteiger partial charge in [0.2, 0.25) is 5.91 Å². The molecule has 2 aromatic rings. The molecule has 0 bridgehead atoms. The molecule has 2 N–H and O–H groups in total. The van der Waals surface area contributed by atoms with Gasteiger partial charge in [0.25, 0.3) is 0 Å². The lowest BCUT2D eigenvalue weighted by Gasteiger charge is -2.15. The van der Waals surface area contributed by atoms with Gasteiger partial charge in [-0.05, 0) is 35.6 Å². The molecule has 0 radical (unpaired) electrons. The monoisotopic (exact) mass is 520 g/mol. The van der Waals surface area contributed by atoms with Crippen molar-refractivity contribution in [2.75, 3.05) is 34.3 Å². The maximum absolute atomic E-state index is 13.6. The lowest BCUT2D eigenvalue weighted by Crippen LogP contribution is -2.43. The van der Waals surface area contributed by atoms with E-state index >= 15 is 0 Å². The van der Waals surface area contributed by atoms with Crippen LogP contribution in [0.15, 0.2) is 40.7 Å². The number of carbonyl (C=O) groups excluding carboxylic acids is 1. The smallest absolute Gasteiger partial charge is 0.241 e. The third-order valence-electron chi connectivity index (χ3n) is 3.74. The molecule has 1 aromatic heterocycles. The number of nitrogens with zero attached hydrogens (tertiary/aromatic N) is 2.